The fourth-order valence-corrected chi connectivity index (χ4v) is 2.77. The van der Waals surface area contributed by atoms with Crippen LogP contribution in [0.1, 0.15) is 30.3 Å². The first kappa shape index (κ1) is 15.9. The number of carbonyl (C=O) groups is 1. The molecule has 1 amide bonds. The summed E-state index contributed by atoms with van der Waals surface area (Å²) in [5.41, 5.74) is 0.608. The summed E-state index contributed by atoms with van der Waals surface area (Å²) in [5, 5.41) is 12.9. The number of carbonyl (C=O) groups excluding carboxylic acids is 1. The Kier molecular flexibility index (Phi) is 5.33. The van der Waals surface area contributed by atoms with Gasteiger partial charge in [-0.1, -0.05) is 54.5 Å². The Hall–Kier alpha value is -1.43. The van der Waals surface area contributed by atoms with E-state index in [2.05, 4.69) is 15.5 Å². The van der Waals surface area contributed by atoms with E-state index >= 15 is 0 Å². The lowest BCUT2D eigenvalue weighted by Gasteiger charge is -2.00. The van der Waals surface area contributed by atoms with Gasteiger partial charge in [-0.3, -0.25) is 10.1 Å². The largest absolute Gasteiger partial charge is 0.297 e. The molecule has 4 nitrogen and oxygen atoms in total. The van der Waals surface area contributed by atoms with E-state index in [0.717, 1.165) is 5.01 Å². The number of halogens is 2. The molecule has 7 heteroatoms. The van der Waals surface area contributed by atoms with Crippen molar-refractivity contribution in [2.75, 3.05) is 5.32 Å². The molecule has 1 aromatic carbocycles. The van der Waals surface area contributed by atoms with Gasteiger partial charge in [0, 0.05) is 27.6 Å². The van der Waals surface area contributed by atoms with Crippen LogP contribution in [0.15, 0.2) is 24.3 Å². The van der Waals surface area contributed by atoms with Crippen molar-refractivity contribution in [1.82, 2.24) is 10.2 Å². The van der Waals surface area contributed by atoms with Crippen LogP contribution in [0.5, 0.6) is 0 Å². The maximum atomic E-state index is 11.8. The number of aromatic nitrogens is 2. The van der Waals surface area contributed by atoms with E-state index in [9.17, 15) is 4.79 Å². The smallest absolute Gasteiger partial charge is 0.250 e. The molecule has 2 rings (SSSR count). The van der Waals surface area contributed by atoms with Crippen LogP contribution >= 0.6 is 34.5 Å². The van der Waals surface area contributed by atoms with Gasteiger partial charge in [0.1, 0.15) is 5.01 Å². The number of hydrogen-bond donors (Lipinski definition) is 1. The van der Waals surface area contributed by atoms with E-state index in [-0.39, 0.29) is 11.8 Å². The van der Waals surface area contributed by atoms with Crippen molar-refractivity contribution in [2.24, 2.45) is 0 Å². The average molecular weight is 342 g/mol. The molecule has 0 fully saturated rings. The third kappa shape index (κ3) is 4.27. The number of nitrogens with zero attached hydrogens (tertiary/aromatic N) is 2. The van der Waals surface area contributed by atoms with Gasteiger partial charge in [0.15, 0.2) is 0 Å². The first-order valence-corrected chi connectivity index (χ1v) is 7.81. The SMILES string of the molecule is CC(C)c1nnc(NC(=O)/C=C/c2c(Cl)cccc2Cl)s1. The Balaban J connectivity index is 2.05. The highest BCUT2D eigenvalue weighted by Crippen LogP contribution is 2.26. The molecule has 0 aliphatic heterocycles. The van der Waals surface area contributed by atoms with Crippen LogP contribution in [0.4, 0.5) is 5.13 Å². The van der Waals surface area contributed by atoms with Gasteiger partial charge >= 0.3 is 0 Å². The van der Waals surface area contributed by atoms with Gasteiger partial charge in [0.2, 0.25) is 11.0 Å². The first-order chi connectivity index (χ1) is 9.97. The van der Waals surface area contributed by atoms with Crippen molar-refractivity contribution < 1.29 is 4.79 Å². The van der Waals surface area contributed by atoms with Gasteiger partial charge in [0.25, 0.3) is 0 Å². The lowest BCUT2D eigenvalue weighted by atomic mass is 10.2. The zero-order chi connectivity index (χ0) is 15.4. The summed E-state index contributed by atoms with van der Waals surface area (Å²) < 4.78 is 0. The minimum atomic E-state index is -0.308. The molecule has 2 aromatic rings. The molecule has 1 heterocycles. The Bertz CT molecular complexity index is 662. The highest BCUT2D eigenvalue weighted by atomic mass is 35.5. The second-order valence-corrected chi connectivity index (χ2v) is 6.38. The molecule has 0 saturated heterocycles. The quantitative estimate of drug-likeness (QED) is 0.825. The third-order valence-corrected chi connectivity index (χ3v) is 4.36. The summed E-state index contributed by atoms with van der Waals surface area (Å²) >= 11 is 13.4. The van der Waals surface area contributed by atoms with Crippen LogP contribution in [0, 0.1) is 0 Å². The van der Waals surface area contributed by atoms with E-state index in [1.165, 1.54) is 17.4 Å². The average Bonchev–Trinajstić information content (AvgIpc) is 2.87. The monoisotopic (exact) mass is 341 g/mol. The molecule has 110 valence electrons. The minimum Gasteiger partial charge on any atom is -0.297 e. The molecule has 0 saturated carbocycles. The van der Waals surface area contributed by atoms with Crippen LogP contribution in [-0.2, 0) is 4.79 Å². The molecule has 0 bridgehead atoms. The predicted molar refractivity (Wildman–Crippen MR) is 88.1 cm³/mol. The Morgan fingerprint density at radius 1 is 1.29 bits per heavy atom. The van der Waals surface area contributed by atoms with Crippen molar-refractivity contribution >= 4 is 51.7 Å². The number of amides is 1. The minimum absolute atomic E-state index is 0.283. The van der Waals surface area contributed by atoms with Gasteiger partial charge in [0.05, 0.1) is 0 Å². The van der Waals surface area contributed by atoms with E-state index in [1.54, 1.807) is 24.3 Å². The molecule has 1 aromatic heterocycles. The third-order valence-electron chi connectivity index (χ3n) is 2.57. The first-order valence-electron chi connectivity index (χ1n) is 6.24. The Morgan fingerprint density at radius 3 is 2.52 bits per heavy atom. The van der Waals surface area contributed by atoms with E-state index in [4.69, 9.17) is 23.2 Å². The zero-order valence-electron chi connectivity index (χ0n) is 11.4. The molecule has 1 N–H and O–H groups in total. The van der Waals surface area contributed by atoms with Gasteiger partial charge in [-0.05, 0) is 18.2 Å². The summed E-state index contributed by atoms with van der Waals surface area (Å²) in [7, 11) is 0. The predicted octanol–water partition coefficient (Wildman–Crippen LogP) is 4.62. The molecular weight excluding hydrogens is 329 g/mol. The summed E-state index contributed by atoms with van der Waals surface area (Å²) in [6.45, 7) is 4.04. The van der Waals surface area contributed by atoms with Gasteiger partial charge in [-0.25, -0.2) is 0 Å². The highest BCUT2D eigenvalue weighted by molar-refractivity contribution is 7.15. The van der Waals surface area contributed by atoms with Crippen molar-refractivity contribution in [1.29, 1.82) is 0 Å². The van der Waals surface area contributed by atoms with Crippen LogP contribution in [0.3, 0.4) is 0 Å². The van der Waals surface area contributed by atoms with Crippen LogP contribution < -0.4 is 5.32 Å². The molecule has 21 heavy (non-hydrogen) atoms. The van der Waals surface area contributed by atoms with Gasteiger partial charge in [-0.15, -0.1) is 10.2 Å². The molecule has 0 atom stereocenters. The van der Waals surface area contributed by atoms with Crippen LogP contribution in [-0.4, -0.2) is 16.1 Å². The second-order valence-electron chi connectivity index (χ2n) is 4.56. The van der Waals surface area contributed by atoms with Crippen molar-refractivity contribution in [3.63, 3.8) is 0 Å². The number of anilines is 1. The van der Waals surface area contributed by atoms with Crippen LogP contribution in [0.25, 0.3) is 6.08 Å². The summed E-state index contributed by atoms with van der Waals surface area (Å²) in [5.74, 6) is -0.0249. The molecular formula is C14H13Cl2N3OS. The van der Waals surface area contributed by atoms with E-state index in [1.807, 2.05) is 13.8 Å². The Morgan fingerprint density at radius 2 is 1.95 bits per heavy atom. The highest BCUT2D eigenvalue weighted by Gasteiger charge is 2.09. The van der Waals surface area contributed by atoms with Crippen LogP contribution in [0.2, 0.25) is 10.0 Å². The normalized spacial score (nSPS) is 11.3. The van der Waals surface area contributed by atoms with Gasteiger partial charge < -0.3 is 0 Å². The molecule has 0 spiro atoms. The summed E-state index contributed by atoms with van der Waals surface area (Å²) in [6.07, 6.45) is 2.94. The second kappa shape index (κ2) is 7.02. The van der Waals surface area contributed by atoms with Crippen molar-refractivity contribution in [3.05, 3.63) is 44.9 Å². The number of hydrogen-bond acceptors (Lipinski definition) is 4. The summed E-state index contributed by atoms with van der Waals surface area (Å²) in [4.78, 5) is 11.8. The summed E-state index contributed by atoms with van der Waals surface area (Å²) in [6, 6.07) is 5.17. The van der Waals surface area contributed by atoms with Gasteiger partial charge in [-0.2, -0.15) is 0 Å². The lowest BCUT2D eigenvalue weighted by molar-refractivity contribution is -0.111. The van der Waals surface area contributed by atoms with E-state index < -0.39 is 0 Å². The number of nitrogens with one attached hydrogen (secondary N) is 1. The molecule has 0 unspecified atom stereocenters. The zero-order valence-corrected chi connectivity index (χ0v) is 13.8. The maximum Gasteiger partial charge on any atom is 0.250 e. The molecule has 0 aliphatic rings. The molecule has 0 radical (unpaired) electrons. The topological polar surface area (TPSA) is 54.9 Å². The number of benzene rings is 1. The van der Waals surface area contributed by atoms with Crippen molar-refractivity contribution in [2.45, 2.75) is 19.8 Å². The lowest BCUT2D eigenvalue weighted by Crippen LogP contribution is -2.07. The maximum absolute atomic E-state index is 11.8. The molecule has 0 aliphatic carbocycles. The standard InChI is InChI=1S/C14H13Cl2N3OS/c1-8(2)13-18-19-14(21-13)17-12(20)7-6-9-10(15)4-3-5-11(9)16/h3-8H,1-2H3,(H,17,19,20)/b7-6+. The number of rotatable bonds is 4. The fourth-order valence-electron chi connectivity index (χ4n) is 1.49. The van der Waals surface area contributed by atoms with E-state index in [0.29, 0.717) is 20.7 Å². The van der Waals surface area contributed by atoms with Crippen molar-refractivity contribution in [3.8, 4) is 0 Å². The Labute approximate surface area is 136 Å². The fraction of sp³-hybridized carbons (Fsp3) is 0.214.